The van der Waals surface area contributed by atoms with Gasteiger partial charge in [0.05, 0.1) is 49.7 Å². The maximum absolute atomic E-state index is 12.4. The van der Waals surface area contributed by atoms with Crippen LogP contribution in [0.3, 0.4) is 0 Å². The highest BCUT2D eigenvalue weighted by Crippen LogP contribution is 2.31. The van der Waals surface area contributed by atoms with Gasteiger partial charge in [-0.1, -0.05) is 6.08 Å². The van der Waals surface area contributed by atoms with Gasteiger partial charge in [0.2, 0.25) is 0 Å². The van der Waals surface area contributed by atoms with Crippen LogP contribution in [0.5, 0.6) is 17.2 Å². The molecule has 0 unspecified atom stereocenters. The second-order valence-corrected chi connectivity index (χ2v) is 9.73. The van der Waals surface area contributed by atoms with Crippen LogP contribution in [-0.4, -0.2) is 98.0 Å². The van der Waals surface area contributed by atoms with Crippen molar-refractivity contribution in [1.29, 1.82) is 0 Å². The number of rotatable bonds is 10. The Labute approximate surface area is 224 Å². The first-order valence-corrected chi connectivity index (χ1v) is 13.4. The third-order valence-corrected chi connectivity index (χ3v) is 7.30. The van der Waals surface area contributed by atoms with Crippen molar-refractivity contribution in [2.45, 2.75) is 32.4 Å². The van der Waals surface area contributed by atoms with Crippen molar-refractivity contribution < 1.29 is 23.7 Å². The Hall–Kier alpha value is -3.37. The van der Waals surface area contributed by atoms with Gasteiger partial charge in [0.15, 0.2) is 11.5 Å². The normalized spacial score (nSPS) is 17.4. The Morgan fingerprint density at radius 1 is 1.11 bits per heavy atom. The topological polar surface area (TPSA) is 89.5 Å². The molecule has 0 saturated carbocycles. The number of pyridine rings is 2. The van der Waals surface area contributed by atoms with Crippen LogP contribution < -0.4 is 19.1 Å². The van der Waals surface area contributed by atoms with E-state index in [1.54, 1.807) is 19.5 Å². The van der Waals surface area contributed by atoms with E-state index >= 15 is 0 Å². The molecule has 0 aromatic carbocycles. The van der Waals surface area contributed by atoms with Crippen molar-refractivity contribution in [3.8, 4) is 17.2 Å². The summed E-state index contributed by atoms with van der Waals surface area (Å²) in [5, 5.41) is 0. The van der Waals surface area contributed by atoms with Gasteiger partial charge >= 0.3 is 5.97 Å². The van der Waals surface area contributed by atoms with Gasteiger partial charge in [-0.3, -0.25) is 19.7 Å². The lowest BCUT2D eigenvalue weighted by molar-refractivity contribution is -0.145. The predicted octanol–water partition coefficient (Wildman–Crippen LogP) is 2.62. The van der Waals surface area contributed by atoms with E-state index in [0.717, 1.165) is 68.4 Å². The van der Waals surface area contributed by atoms with Gasteiger partial charge in [-0.05, 0) is 38.9 Å². The Kier molecular flexibility index (Phi) is 8.60. The molecule has 204 valence electrons. The van der Waals surface area contributed by atoms with Crippen LogP contribution in [0.25, 0.3) is 6.08 Å². The monoisotopic (exact) mass is 523 g/mol. The van der Waals surface area contributed by atoms with Gasteiger partial charge in [0, 0.05) is 44.4 Å². The lowest BCUT2D eigenvalue weighted by Gasteiger charge is -2.39. The van der Waals surface area contributed by atoms with E-state index in [-0.39, 0.29) is 18.6 Å². The third kappa shape index (κ3) is 6.36. The van der Waals surface area contributed by atoms with Gasteiger partial charge in [0.25, 0.3) is 0 Å². The quantitative estimate of drug-likeness (QED) is 0.433. The van der Waals surface area contributed by atoms with E-state index < -0.39 is 0 Å². The minimum atomic E-state index is -0.201. The van der Waals surface area contributed by atoms with Crippen LogP contribution in [-0.2, 0) is 16.1 Å². The van der Waals surface area contributed by atoms with Crippen LogP contribution in [0.15, 0.2) is 30.6 Å². The number of esters is 1. The fraction of sp³-hybridized carbons (Fsp3) is 0.536. The van der Waals surface area contributed by atoms with Crippen molar-refractivity contribution in [1.82, 2.24) is 19.8 Å². The van der Waals surface area contributed by atoms with Crippen LogP contribution in [0, 0.1) is 0 Å². The van der Waals surface area contributed by atoms with E-state index in [1.807, 2.05) is 13.0 Å². The van der Waals surface area contributed by atoms with Gasteiger partial charge in [0.1, 0.15) is 19.0 Å². The van der Waals surface area contributed by atoms with Crippen molar-refractivity contribution in [2.75, 3.05) is 71.1 Å². The smallest absolute Gasteiger partial charge is 0.320 e. The summed E-state index contributed by atoms with van der Waals surface area (Å²) in [5.41, 5.74) is 2.97. The first-order valence-electron chi connectivity index (χ1n) is 13.4. The Balaban J connectivity index is 1.18. The zero-order valence-corrected chi connectivity index (χ0v) is 22.3. The second kappa shape index (κ2) is 12.4. The van der Waals surface area contributed by atoms with Gasteiger partial charge in [-0.15, -0.1) is 0 Å². The largest absolute Gasteiger partial charge is 0.495 e. The molecule has 1 saturated heterocycles. The molecular weight excluding hydrogens is 486 g/mol. The molecule has 2 aromatic rings. The number of hydrogen-bond acceptors (Lipinski definition) is 10. The molecule has 5 rings (SSSR count). The summed E-state index contributed by atoms with van der Waals surface area (Å²) in [6.07, 6.45) is 9.68. The summed E-state index contributed by atoms with van der Waals surface area (Å²) in [6, 6.07) is 4.27. The number of likely N-dealkylation sites (tertiary alicyclic amines) is 1. The summed E-state index contributed by atoms with van der Waals surface area (Å²) in [5.74, 6) is 1.97. The Morgan fingerprint density at radius 3 is 2.71 bits per heavy atom. The number of methoxy groups -OCH3 is 1. The van der Waals surface area contributed by atoms with Crippen molar-refractivity contribution in [3.63, 3.8) is 0 Å². The minimum absolute atomic E-state index is 0.201. The molecule has 5 heterocycles. The highest BCUT2D eigenvalue weighted by molar-refractivity contribution is 5.71. The van der Waals surface area contributed by atoms with Crippen LogP contribution in [0.2, 0.25) is 0 Å². The van der Waals surface area contributed by atoms with E-state index in [9.17, 15) is 4.79 Å². The molecule has 0 radical (unpaired) electrons. The average molecular weight is 524 g/mol. The minimum Gasteiger partial charge on any atom is -0.495 e. The molecule has 0 aliphatic carbocycles. The molecule has 2 aromatic heterocycles. The number of hydrogen-bond donors (Lipinski definition) is 0. The number of ether oxygens (including phenoxy) is 4. The molecule has 10 heteroatoms. The lowest BCUT2D eigenvalue weighted by atomic mass is 10.0. The molecular formula is C28H37N5O5. The van der Waals surface area contributed by atoms with Gasteiger partial charge < -0.3 is 28.7 Å². The first-order chi connectivity index (χ1) is 18.6. The number of carbonyl (C=O) groups is 1. The number of aromatic nitrogens is 2. The molecule has 3 aliphatic rings. The number of carbonyl (C=O) groups excluding carboxylic acids is 1. The number of piperidine rings is 1. The maximum Gasteiger partial charge on any atom is 0.320 e. The summed E-state index contributed by atoms with van der Waals surface area (Å²) in [6.45, 7) is 8.81. The summed E-state index contributed by atoms with van der Waals surface area (Å²) in [7, 11) is 1.67. The van der Waals surface area contributed by atoms with Crippen molar-refractivity contribution in [2.24, 2.45) is 0 Å². The summed E-state index contributed by atoms with van der Waals surface area (Å²) < 4.78 is 22.0. The lowest BCUT2D eigenvalue weighted by Crippen LogP contribution is -2.48. The molecule has 38 heavy (non-hydrogen) atoms. The maximum atomic E-state index is 12.4. The number of anilines is 1. The highest BCUT2D eigenvalue weighted by atomic mass is 16.6. The Morgan fingerprint density at radius 2 is 1.92 bits per heavy atom. The van der Waals surface area contributed by atoms with E-state index in [1.165, 1.54) is 0 Å². The zero-order chi connectivity index (χ0) is 26.3. The molecule has 10 nitrogen and oxygen atoms in total. The number of nitrogens with zero attached hydrogens (tertiary/aromatic N) is 5. The van der Waals surface area contributed by atoms with Crippen LogP contribution in [0.4, 0.5) is 5.69 Å². The SMILES string of the molecule is CCOC(=O)CN(Cc1cc2c(cn1)OCCO2)C1CCN(CCN2CC=Cc3ncc(OC)cc32)CC1. The van der Waals surface area contributed by atoms with Crippen LogP contribution in [0.1, 0.15) is 31.2 Å². The summed E-state index contributed by atoms with van der Waals surface area (Å²) in [4.78, 5) is 28.6. The molecule has 0 spiro atoms. The molecule has 0 amide bonds. The van der Waals surface area contributed by atoms with Crippen molar-refractivity contribution >= 4 is 17.7 Å². The van der Waals surface area contributed by atoms with E-state index in [4.69, 9.17) is 18.9 Å². The van der Waals surface area contributed by atoms with Gasteiger partial charge in [-0.25, -0.2) is 0 Å². The summed E-state index contributed by atoms with van der Waals surface area (Å²) >= 11 is 0. The second-order valence-electron chi connectivity index (χ2n) is 9.73. The average Bonchev–Trinajstić information content (AvgIpc) is 2.95. The predicted molar refractivity (Wildman–Crippen MR) is 144 cm³/mol. The standard InChI is InChI=1S/C28H37N5O5/c1-3-36-28(34)20-33(19-21-15-26-27(18-29-21)38-14-13-37-26)22-6-9-31(10-7-22)11-12-32-8-4-5-24-25(32)16-23(35-2)17-30-24/h4-5,15-18,22H,3,6-14,19-20H2,1-2H3. The fourth-order valence-corrected chi connectivity index (χ4v) is 5.28. The van der Waals surface area contributed by atoms with E-state index in [2.05, 4.69) is 42.9 Å². The molecule has 0 atom stereocenters. The third-order valence-electron chi connectivity index (χ3n) is 7.30. The van der Waals surface area contributed by atoms with E-state index in [0.29, 0.717) is 37.9 Å². The first kappa shape index (κ1) is 26.2. The molecule has 3 aliphatic heterocycles. The zero-order valence-electron chi connectivity index (χ0n) is 22.3. The van der Waals surface area contributed by atoms with Crippen molar-refractivity contribution in [3.05, 3.63) is 42.0 Å². The number of fused-ring (bicyclic) bond motifs is 2. The molecule has 1 fully saturated rings. The van der Waals surface area contributed by atoms with Crippen LogP contribution >= 0.6 is 0 Å². The fourth-order valence-electron chi connectivity index (χ4n) is 5.28. The van der Waals surface area contributed by atoms with Gasteiger partial charge in [-0.2, -0.15) is 0 Å². The highest BCUT2D eigenvalue weighted by Gasteiger charge is 2.28. The molecule has 0 bridgehead atoms. The molecule has 0 N–H and O–H groups in total. The Bertz CT molecular complexity index is 1130.